The van der Waals surface area contributed by atoms with Crippen LogP contribution in [0.25, 0.3) is 0 Å². The highest BCUT2D eigenvalue weighted by Gasteiger charge is 2.34. The number of carbonyl (C=O) groups excluding carboxylic acids is 1. The molecule has 0 fully saturated rings. The highest BCUT2D eigenvalue weighted by atomic mass is 16.3. The van der Waals surface area contributed by atoms with E-state index in [4.69, 9.17) is 0 Å². The van der Waals surface area contributed by atoms with Crippen molar-refractivity contribution in [2.24, 2.45) is 5.41 Å². The van der Waals surface area contributed by atoms with Gasteiger partial charge in [0.05, 0.1) is 23.9 Å². The number of nitrogens with zero attached hydrogens (tertiary/aromatic N) is 1. The summed E-state index contributed by atoms with van der Waals surface area (Å²) in [6.45, 7) is 5.58. The van der Waals surface area contributed by atoms with Gasteiger partial charge in [0.2, 0.25) is 5.91 Å². The lowest BCUT2D eigenvalue weighted by Gasteiger charge is -2.27. The number of aliphatic hydroxyl groups excluding tert-OH is 1. The quantitative estimate of drug-likeness (QED) is 0.823. The molecule has 0 aromatic carbocycles. The molecular formula is C13H20N2O2. The van der Waals surface area contributed by atoms with Crippen LogP contribution in [0.4, 0.5) is 5.69 Å². The van der Waals surface area contributed by atoms with Crippen molar-refractivity contribution in [3.63, 3.8) is 0 Å². The van der Waals surface area contributed by atoms with E-state index in [-0.39, 0.29) is 12.5 Å². The van der Waals surface area contributed by atoms with Crippen LogP contribution in [0.1, 0.15) is 32.4 Å². The van der Waals surface area contributed by atoms with Crippen LogP contribution in [0.2, 0.25) is 0 Å². The van der Waals surface area contributed by atoms with Gasteiger partial charge >= 0.3 is 0 Å². The Balaban J connectivity index is 2.80. The SMILES string of the molecule is CCC(CC)(CO)C(=O)Nc1ccc(C)nc1. The second-order valence-corrected chi connectivity index (χ2v) is 4.29. The van der Waals surface area contributed by atoms with Crippen LogP contribution in [0.3, 0.4) is 0 Å². The Bertz CT molecular complexity index is 361. The van der Waals surface area contributed by atoms with Gasteiger partial charge in [-0.2, -0.15) is 0 Å². The summed E-state index contributed by atoms with van der Waals surface area (Å²) < 4.78 is 0. The smallest absolute Gasteiger partial charge is 0.232 e. The Kier molecular flexibility index (Phi) is 4.63. The van der Waals surface area contributed by atoms with E-state index in [1.54, 1.807) is 6.20 Å². The molecule has 0 unspecified atom stereocenters. The van der Waals surface area contributed by atoms with E-state index >= 15 is 0 Å². The molecule has 17 heavy (non-hydrogen) atoms. The average Bonchev–Trinajstić information content (AvgIpc) is 2.35. The standard InChI is InChI=1S/C13H20N2O2/c1-4-13(5-2,9-16)12(17)15-11-7-6-10(3)14-8-11/h6-8,16H,4-5,9H2,1-3H3,(H,15,17). The molecule has 0 aliphatic rings. The maximum Gasteiger partial charge on any atom is 0.232 e. The van der Waals surface area contributed by atoms with Crippen molar-refractivity contribution in [1.82, 2.24) is 4.98 Å². The molecule has 1 aromatic heterocycles. The van der Waals surface area contributed by atoms with Crippen molar-refractivity contribution in [2.75, 3.05) is 11.9 Å². The van der Waals surface area contributed by atoms with E-state index in [9.17, 15) is 9.90 Å². The summed E-state index contributed by atoms with van der Waals surface area (Å²) in [5.74, 6) is -0.143. The van der Waals surface area contributed by atoms with E-state index in [0.29, 0.717) is 18.5 Å². The van der Waals surface area contributed by atoms with Crippen LogP contribution in [0.15, 0.2) is 18.3 Å². The van der Waals surface area contributed by atoms with Gasteiger partial charge in [-0.15, -0.1) is 0 Å². The first-order chi connectivity index (χ1) is 8.07. The summed E-state index contributed by atoms with van der Waals surface area (Å²) in [7, 11) is 0. The van der Waals surface area contributed by atoms with E-state index in [2.05, 4.69) is 10.3 Å². The number of nitrogens with one attached hydrogen (secondary N) is 1. The molecule has 0 aliphatic heterocycles. The molecule has 4 heteroatoms. The number of carbonyl (C=O) groups is 1. The van der Waals surface area contributed by atoms with Crippen molar-refractivity contribution < 1.29 is 9.90 Å². The Morgan fingerprint density at radius 1 is 1.41 bits per heavy atom. The van der Waals surface area contributed by atoms with Crippen LogP contribution in [0, 0.1) is 12.3 Å². The fourth-order valence-electron chi connectivity index (χ4n) is 1.67. The highest BCUT2D eigenvalue weighted by Crippen LogP contribution is 2.27. The lowest BCUT2D eigenvalue weighted by Crippen LogP contribution is -2.38. The van der Waals surface area contributed by atoms with Gasteiger partial charge in [-0.25, -0.2) is 0 Å². The Labute approximate surface area is 102 Å². The fraction of sp³-hybridized carbons (Fsp3) is 0.538. The van der Waals surface area contributed by atoms with Gasteiger partial charge < -0.3 is 10.4 Å². The van der Waals surface area contributed by atoms with Crippen LogP contribution in [-0.2, 0) is 4.79 Å². The molecule has 1 heterocycles. The summed E-state index contributed by atoms with van der Waals surface area (Å²) in [6.07, 6.45) is 2.86. The van der Waals surface area contributed by atoms with Crippen LogP contribution in [0.5, 0.6) is 0 Å². The molecule has 0 saturated heterocycles. The molecule has 0 bridgehead atoms. The first-order valence-corrected chi connectivity index (χ1v) is 5.93. The zero-order chi connectivity index (χ0) is 12.9. The number of hydrogen-bond acceptors (Lipinski definition) is 3. The summed E-state index contributed by atoms with van der Waals surface area (Å²) in [4.78, 5) is 16.2. The monoisotopic (exact) mass is 236 g/mol. The molecule has 0 aliphatic carbocycles. The van der Waals surface area contributed by atoms with Crippen LogP contribution >= 0.6 is 0 Å². The van der Waals surface area contributed by atoms with Crippen molar-refractivity contribution >= 4 is 11.6 Å². The number of aryl methyl sites for hydroxylation is 1. The topological polar surface area (TPSA) is 62.2 Å². The van der Waals surface area contributed by atoms with Crippen molar-refractivity contribution in [3.05, 3.63) is 24.0 Å². The van der Waals surface area contributed by atoms with Gasteiger partial charge in [0.1, 0.15) is 0 Å². The number of amides is 1. The Hall–Kier alpha value is -1.42. The predicted molar refractivity (Wildman–Crippen MR) is 67.7 cm³/mol. The molecule has 1 amide bonds. The molecule has 0 atom stereocenters. The van der Waals surface area contributed by atoms with Crippen molar-refractivity contribution in [2.45, 2.75) is 33.6 Å². The van der Waals surface area contributed by atoms with E-state index in [1.165, 1.54) is 0 Å². The summed E-state index contributed by atoms with van der Waals surface area (Å²) in [5.41, 5.74) is 0.882. The normalized spacial score (nSPS) is 11.3. The van der Waals surface area contributed by atoms with Gasteiger partial charge in [-0.05, 0) is 31.9 Å². The molecule has 0 radical (unpaired) electrons. The number of pyridine rings is 1. The predicted octanol–water partition coefficient (Wildman–Crippen LogP) is 2.13. The van der Waals surface area contributed by atoms with Gasteiger partial charge in [-0.1, -0.05) is 13.8 Å². The summed E-state index contributed by atoms with van der Waals surface area (Å²) >= 11 is 0. The summed E-state index contributed by atoms with van der Waals surface area (Å²) in [6, 6.07) is 3.65. The third-order valence-corrected chi connectivity index (χ3v) is 3.31. The lowest BCUT2D eigenvalue weighted by atomic mass is 9.82. The zero-order valence-corrected chi connectivity index (χ0v) is 10.7. The molecular weight excluding hydrogens is 216 g/mol. The first kappa shape index (κ1) is 13.6. The first-order valence-electron chi connectivity index (χ1n) is 5.93. The zero-order valence-electron chi connectivity index (χ0n) is 10.7. The largest absolute Gasteiger partial charge is 0.395 e. The van der Waals surface area contributed by atoms with Crippen LogP contribution < -0.4 is 5.32 Å². The van der Waals surface area contributed by atoms with Gasteiger partial charge in [0.25, 0.3) is 0 Å². The van der Waals surface area contributed by atoms with Gasteiger partial charge in [0.15, 0.2) is 0 Å². The molecule has 1 rings (SSSR count). The maximum atomic E-state index is 12.1. The fourth-order valence-corrected chi connectivity index (χ4v) is 1.67. The third-order valence-electron chi connectivity index (χ3n) is 3.31. The Morgan fingerprint density at radius 3 is 2.47 bits per heavy atom. The van der Waals surface area contributed by atoms with E-state index < -0.39 is 5.41 Å². The van der Waals surface area contributed by atoms with E-state index in [0.717, 1.165) is 5.69 Å². The minimum atomic E-state index is -0.690. The van der Waals surface area contributed by atoms with Crippen molar-refractivity contribution in [3.8, 4) is 0 Å². The number of aliphatic hydroxyl groups is 1. The average molecular weight is 236 g/mol. The highest BCUT2D eigenvalue weighted by molar-refractivity contribution is 5.95. The minimum absolute atomic E-state index is 0.134. The van der Waals surface area contributed by atoms with Crippen molar-refractivity contribution in [1.29, 1.82) is 0 Å². The lowest BCUT2D eigenvalue weighted by molar-refractivity contribution is -0.128. The third kappa shape index (κ3) is 3.03. The molecule has 0 saturated carbocycles. The molecule has 2 N–H and O–H groups in total. The number of aromatic nitrogens is 1. The summed E-state index contributed by atoms with van der Waals surface area (Å²) in [5, 5.41) is 12.2. The van der Waals surface area contributed by atoms with E-state index in [1.807, 2.05) is 32.9 Å². The maximum absolute atomic E-state index is 12.1. The van der Waals surface area contributed by atoms with Gasteiger partial charge in [0, 0.05) is 5.69 Å². The molecule has 4 nitrogen and oxygen atoms in total. The molecule has 1 aromatic rings. The second kappa shape index (κ2) is 5.77. The van der Waals surface area contributed by atoms with Crippen LogP contribution in [-0.4, -0.2) is 22.6 Å². The Morgan fingerprint density at radius 2 is 2.06 bits per heavy atom. The number of rotatable bonds is 5. The second-order valence-electron chi connectivity index (χ2n) is 4.29. The number of anilines is 1. The molecule has 94 valence electrons. The minimum Gasteiger partial charge on any atom is -0.395 e. The van der Waals surface area contributed by atoms with Gasteiger partial charge in [-0.3, -0.25) is 9.78 Å². The number of hydrogen-bond donors (Lipinski definition) is 2. The molecule has 0 spiro atoms.